The Labute approximate surface area is 169 Å². The van der Waals surface area contributed by atoms with E-state index in [-0.39, 0.29) is 12.2 Å². The second-order valence-electron chi connectivity index (χ2n) is 7.88. The van der Waals surface area contributed by atoms with Gasteiger partial charge in [0.05, 0.1) is 6.54 Å². The number of fused-ring (bicyclic) bond motifs is 1. The zero-order valence-electron chi connectivity index (χ0n) is 16.1. The van der Waals surface area contributed by atoms with Gasteiger partial charge in [0.1, 0.15) is 17.5 Å². The number of carbonyl (C=O) groups excluding carboxylic acids is 1. The van der Waals surface area contributed by atoms with E-state index in [1.54, 1.807) is 4.90 Å². The SMILES string of the molecule is CC(C)(C)OC(=O)N(Cc1ccccc1)CC1CCc2cc(Br)ccc2O1. The van der Waals surface area contributed by atoms with Gasteiger partial charge in [-0.3, -0.25) is 0 Å². The second kappa shape index (κ2) is 8.34. The molecule has 2 aromatic carbocycles. The highest BCUT2D eigenvalue weighted by molar-refractivity contribution is 9.10. The van der Waals surface area contributed by atoms with E-state index in [1.165, 1.54) is 5.56 Å². The van der Waals surface area contributed by atoms with Crippen molar-refractivity contribution in [1.29, 1.82) is 0 Å². The lowest BCUT2D eigenvalue weighted by molar-refractivity contribution is 0.0133. The lowest BCUT2D eigenvalue weighted by Gasteiger charge is -2.33. The summed E-state index contributed by atoms with van der Waals surface area (Å²) in [6, 6.07) is 16.0. The quantitative estimate of drug-likeness (QED) is 0.633. The summed E-state index contributed by atoms with van der Waals surface area (Å²) in [7, 11) is 0. The van der Waals surface area contributed by atoms with E-state index in [9.17, 15) is 4.79 Å². The molecule has 27 heavy (non-hydrogen) atoms. The van der Waals surface area contributed by atoms with Gasteiger partial charge in [-0.2, -0.15) is 0 Å². The van der Waals surface area contributed by atoms with Gasteiger partial charge in [0.15, 0.2) is 0 Å². The average molecular weight is 432 g/mol. The molecule has 0 N–H and O–H groups in total. The fourth-order valence-corrected chi connectivity index (χ4v) is 3.53. The molecule has 0 radical (unpaired) electrons. The molecule has 1 atom stereocenters. The van der Waals surface area contributed by atoms with Crippen LogP contribution in [0.25, 0.3) is 0 Å². The minimum Gasteiger partial charge on any atom is -0.488 e. The van der Waals surface area contributed by atoms with Crippen molar-refractivity contribution in [3.63, 3.8) is 0 Å². The Balaban J connectivity index is 1.72. The highest BCUT2D eigenvalue weighted by atomic mass is 79.9. The molecular weight excluding hydrogens is 406 g/mol. The Morgan fingerprint density at radius 3 is 2.67 bits per heavy atom. The van der Waals surface area contributed by atoms with E-state index in [1.807, 2.05) is 63.2 Å². The molecule has 144 valence electrons. The molecule has 0 spiro atoms. The summed E-state index contributed by atoms with van der Waals surface area (Å²) in [6.07, 6.45) is 1.45. The average Bonchev–Trinajstić information content (AvgIpc) is 2.61. The van der Waals surface area contributed by atoms with Gasteiger partial charge in [-0.1, -0.05) is 46.3 Å². The number of amides is 1. The van der Waals surface area contributed by atoms with E-state index < -0.39 is 5.60 Å². The van der Waals surface area contributed by atoms with Crippen LogP contribution in [-0.4, -0.2) is 29.2 Å². The monoisotopic (exact) mass is 431 g/mol. The van der Waals surface area contributed by atoms with E-state index in [0.717, 1.165) is 28.6 Å². The number of nitrogens with zero attached hydrogens (tertiary/aromatic N) is 1. The van der Waals surface area contributed by atoms with Crippen LogP contribution in [0.15, 0.2) is 53.0 Å². The van der Waals surface area contributed by atoms with Crippen LogP contribution < -0.4 is 4.74 Å². The lowest BCUT2D eigenvalue weighted by atomic mass is 10.0. The molecule has 0 saturated heterocycles. The zero-order chi connectivity index (χ0) is 19.4. The summed E-state index contributed by atoms with van der Waals surface area (Å²) in [6.45, 7) is 6.66. The van der Waals surface area contributed by atoms with Crippen molar-refractivity contribution in [2.45, 2.75) is 51.9 Å². The Morgan fingerprint density at radius 1 is 1.22 bits per heavy atom. The smallest absolute Gasteiger partial charge is 0.410 e. The highest BCUT2D eigenvalue weighted by Crippen LogP contribution is 2.30. The predicted octanol–water partition coefficient (Wildman–Crippen LogP) is 5.58. The van der Waals surface area contributed by atoms with Gasteiger partial charge in [-0.05, 0) is 62.9 Å². The molecule has 5 heteroatoms. The fraction of sp³-hybridized carbons (Fsp3) is 0.409. The lowest BCUT2D eigenvalue weighted by Crippen LogP contribution is -2.43. The number of ether oxygens (including phenoxy) is 2. The van der Waals surface area contributed by atoms with Gasteiger partial charge in [-0.15, -0.1) is 0 Å². The Morgan fingerprint density at radius 2 is 1.96 bits per heavy atom. The Bertz CT molecular complexity index is 786. The molecule has 4 nitrogen and oxygen atoms in total. The van der Waals surface area contributed by atoms with Crippen molar-refractivity contribution in [3.8, 4) is 5.75 Å². The standard InChI is InChI=1S/C22H26BrNO3/c1-22(2,3)27-21(25)24(14-16-7-5-4-6-8-16)15-19-11-9-17-13-18(23)10-12-20(17)26-19/h4-8,10,12-13,19H,9,11,14-15H2,1-3H3. The van der Waals surface area contributed by atoms with E-state index in [2.05, 4.69) is 22.0 Å². The maximum atomic E-state index is 12.8. The van der Waals surface area contributed by atoms with Gasteiger partial charge >= 0.3 is 6.09 Å². The Hall–Kier alpha value is -2.01. The highest BCUT2D eigenvalue weighted by Gasteiger charge is 2.28. The summed E-state index contributed by atoms with van der Waals surface area (Å²) >= 11 is 3.50. The number of hydrogen-bond acceptors (Lipinski definition) is 3. The van der Waals surface area contributed by atoms with Crippen molar-refractivity contribution in [2.24, 2.45) is 0 Å². The first kappa shape index (κ1) is 19.7. The van der Waals surface area contributed by atoms with Gasteiger partial charge < -0.3 is 14.4 Å². The van der Waals surface area contributed by atoms with E-state index in [0.29, 0.717) is 13.1 Å². The minimum atomic E-state index is -0.529. The van der Waals surface area contributed by atoms with Crippen LogP contribution in [0.1, 0.15) is 38.3 Å². The van der Waals surface area contributed by atoms with Crippen molar-refractivity contribution in [3.05, 3.63) is 64.1 Å². The molecule has 0 saturated carbocycles. The van der Waals surface area contributed by atoms with Gasteiger partial charge in [0.25, 0.3) is 0 Å². The zero-order valence-corrected chi connectivity index (χ0v) is 17.7. The number of benzene rings is 2. The van der Waals surface area contributed by atoms with Crippen LogP contribution in [0.4, 0.5) is 4.79 Å². The normalized spacial score (nSPS) is 16.2. The molecule has 3 rings (SSSR count). The van der Waals surface area contributed by atoms with Crippen LogP contribution >= 0.6 is 15.9 Å². The molecule has 1 amide bonds. The van der Waals surface area contributed by atoms with Crippen LogP contribution in [0, 0.1) is 0 Å². The maximum Gasteiger partial charge on any atom is 0.410 e. The molecule has 1 unspecified atom stereocenters. The summed E-state index contributed by atoms with van der Waals surface area (Å²) in [5.41, 5.74) is 1.74. The summed E-state index contributed by atoms with van der Waals surface area (Å²) < 4.78 is 12.8. The molecule has 1 aliphatic heterocycles. The van der Waals surface area contributed by atoms with Gasteiger partial charge in [0, 0.05) is 11.0 Å². The molecular formula is C22H26BrNO3. The van der Waals surface area contributed by atoms with Gasteiger partial charge in [0.2, 0.25) is 0 Å². The minimum absolute atomic E-state index is 0.0464. The van der Waals surface area contributed by atoms with Crippen LogP contribution in [0.5, 0.6) is 5.75 Å². The van der Waals surface area contributed by atoms with Crippen LogP contribution in [-0.2, 0) is 17.7 Å². The number of carbonyl (C=O) groups is 1. The third kappa shape index (κ3) is 5.73. The maximum absolute atomic E-state index is 12.8. The van der Waals surface area contributed by atoms with Crippen LogP contribution in [0.2, 0.25) is 0 Å². The summed E-state index contributed by atoms with van der Waals surface area (Å²) in [5, 5.41) is 0. The summed E-state index contributed by atoms with van der Waals surface area (Å²) in [5.74, 6) is 0.901. The molecule has 0 aromatic heterocycles. The largest absolute Gasteiger partial charge is 0.488 e. The summed E-state index contributed by atoms with van der Waals surface area (Å²) in [4.78, 5) is 14.5. The van der Waals surface area contributed by atoms with Crippen molar-refractivity contribution in [2.75, 3.05) is 6.54 Å². The molecule has 0 aliphatic carbocycles. The first-order valence-electron chi connectivity index (χ1n) is 9.27. The van der Waals surface area contributed by atoms with E-state index >= 15 is 0 Å². The van der Waals surface area contributed by atoms with Crippen molar-refractivity contribution < 1.29 is 14.3 Å². The second-order valence-corrected chi connectivity index (χ2v) is 8.79. The number of rotatable bonds is 4. The predicted molar refractivity (Wildman–Crippen MR) is 110 cm³/mol. The molecule has 1 heterocycles. The Kier molecular flexibility index (Phi) is 6.10. The third-order valence-corrected chi connectivity index (χ3v) is 4.84. The van der Waals surface area contributed by atoms with Crippen molar-refractivity contribution >= 4 is 22.0 Å². The molecule has 0 bridgehead atoms. The molecule has 2 aromatic rings. The first-order chi connectivity index (χ1) is 12.8. The number of hydrogen-bond donors (Lipinski definition) is 0. The first-order valence-corrected chi connectivity index (χ1v) is 10.1. The molecule has 1 aliphatic rings. The number of aryl methyl sites for hydroxylation is 1. The number of halogens is 1. The van der Waals surface area contributed by atoms with E-state index in [4.69, 9.17) is 9.47 Å². The van der Waals surface area contributed by atoms with Crippen LogP contribution in [0.3, 0.4) is 0 Å². The fourth-order valence-electron chi connectivity index (χ4n) is 3.12. The van der Waals surface area contributed by atoms with Crippen molar-refractivity contribution in [1.82, 2.24) is 4.90 Å². The topological polar surface area (TPSA) is 38.8 Å². The molecule has 0 fully saturated rings. The van der Waals surface area contributed by atoms with Gasteiger partial charge in [-0.25, -0.2) is 4.79 Å². The third-order valence-electron chi connectivity index (χ3n) is 4.34.